The van der Waals surface area contributed by atoms with Gasteiger partial charge in [-0.15, -0.1) is 11.3 Å². The van der Waals surface area contributed by atoms with Gasteiger partial charge in [0.25, 0.3) is 11.6 Å². The lowest BCUT2D eigenvalue weighted by molar-refractivity contribution is -0.384. The van der Waals surface area contributed by atoms with Gasteiger partial charge >= 0.3 is 10.1 Å². The van der Waals surface area contributed by atoms with Gasteiger partial charge in [-0.3, -0.25) is 14.9 Å². The topological polar surface area (TPSA) is 150 Å². The lowest BCUT2D eigenvalue weighted by Crippen LogP contribution is -2.19. The normalized spacial score (nSPS) is 11.5. The number of nitrogens with zero attached hydrogens (tertiary/aromatic N) is 3. The highest BCUT2D eigenvalue weighted by Gasteiger charge is 2.20. The maximum atomic E-state index is 12.7. The first-order valence-corrected chi connectivity index (χ1v) is 14.2. The molecule has 11 nitrogen and oxygen atoms in total. The Morgan fingerprint density at radius 3 is 2.63 bits per heavy atom. The molecule has 0 atom stereocenters. The molecule has 0 aliphatic rings. The molecule has 4 rings (SSSR count). The standard InChI is InChI=1S/C24H20N4O7S3/c1-2-34-21-13-16(7-12-20(21)35-38(32,33)18-10-8-17(9-11-18)28(30)31)14-25-27-23(29)15-36-24-26-19-5-3-4-6-22(19)37-24/h3-14H,2,15H2,1H3,(H,27,29). The Morgan fingerprint density at radius 1 is 1.16 bits per heavy atom. The largest absolute Gasteiger partial charge is 0.490 e. The van der Waals surface area contributed by atoms with E-state index in [2.05, 4.69) is 15.5 Å². The third-order valence-electron chi connectivity index (χ3n) is 4.81. The minimum absolute atomic E-state index is 0.0707. The third-order valence-corrected chi connectivity index (χ3v) is 8.24. The van der Waals surface area contributed by atoms with Gasteiger partial charge in [0.1, 0.15) is 4.90 Å². The summed E-state index contributed by atoms with van der Waals surface area (Å²) in [5, 5.41) is 14.8. The van der Waals surface area contributed by atoms with Crippen LogP contribution in [0.2, 0.25) is 0 Å². The number of thiazole rings is 1. The Balaban J connectivity index is 1.38. The first kappa shape index (κ1) is 27.0. The number of carbonyl (C=O) groups excluding carboxylic acids is 1. The van der Waals surface area contributed by atoms with E-state index in [1.807, 2.05) is 24.3 Å². The lowest BCUT2D eigenvalue weighted by Gasteiger charge is -2.12. The zero-order valence-corrected chi connectivity index (χ0v) is 22.2. The molecule has 0 saturated carbocycles. The smallest absolute Gasteiger partial charge is 0.339 e. The average Bonchev–Trinajstić information content (AvgIpc) is 3.32. The molecule has 1 aromatic heterocycles. The number of hydrogen-bond acceptors (Lipinski definition) is 11. The number of hydrogen-bond donors (Lipinski definition) is 1. The minimum Gasteiger partial charge on any atom is -0.490 e. The fraction of sp³-hybridized carbons (Fsp3) is 0.125. The Hall–Kier alpha value is -4.01. The average molecular weight is 573 g/mol. The molecule has 0 spiro atoms. The van der Waals surface area contributed by atoms with Crippen molar-refractivity contribution < 1.29 is 27.1 Å². The number of nitro benzene ring substituents is 1. The van der Waals surface area contributed by atoms with Gasteiger partial charge in [-0.25, -0.2) is 10.4 Å². The van der Waals surface area contributed by atoms with Gasteiger partial charge < -0.3 is 8.92 Å². The van der Waals surface area contributed by atoms with Crippen LogP contribution >= 0.6 is 23.1 Å². The predicted molar refractivity (Wildman–Crippen MR) is 145 cm³/mol. The number of aromatic nitrogens is 1. The zero-order chi connectivity index (χ0) is 27.1. The highest BCUT2D eigenvalue weighted by molar-refractivity contribution is 8.01. The summed E-state index contributed by atoms with van der Waals surface area (Å²) in [6.07, 6.45) is 1.39. The Kier molecular flexibility index (Phi) is 8.55. The van der Waals surface area contributed by atoms with Gasteiger partial charge in [0.05, 0.1) is 33.7 Å². The fourth-order valence-electron chi connectivity index (χ4n) is 3.09. The van der Waals surface area contributed by atoms with Crippen LogP contribution in [0.4, 0.5) is 5.69 Å². The molecule has 196 valence electrons. The molecule has 14 heteroatoms. The number of para-hydroxylation sites is 1. The van der Waals surface area contributed by atoms with Gasteiger partial charge in [-0.1, -0.05) is 23.9 Å². The van der Waals surface area contributed by atoms with Crippen molar-refractivity contribution in [1.82, 2.24) is 10.4 Å². The number of nitrogens with one attached hydrogen (secondary N) is 1. The van der Waals surface area contributed by atoms with Gasteiger partial charge in [-0.05, 0) is 55.0 Å². The molecule has 1 amide bonds. The predicted octanol–water partition coefficient (Wildman–Crippen LogP) is 4.61. The van der Waals surface area contributed by atoms with E-state index < -0.39 is 15.0 Å². The van der Waals surface area contributed by atoms with Gasteiger partial charge in [0.15, 0.2) is 15.8 Å². The van der Waals surface area contributed by atoms with Crippen LogP contribution in [-0.2, 0) is 14.9 Å². The van der Waals surface area contributed by atoms with Gasteiger partial charge in [0, 0.05) is 12.1 Å². The number of ether oxygens (including phenoxy) is 1. The number of amides is 1. The third kappa shape index (κ3) is 6.85. The Bertz CT molecular complexity index is 1570. The van der Waals surface area contributed by atoms with Crippen LogP contribution in [0.15, 0.2) is 81.1 Å². The number of hydrazone groups is 1. The van der Waals surface area contributed by atoms with Crippen molar-refractivity contribution in [2.24, 2.45) is 5.10 Å². The molecular weight excluding hydrogens is 552 g/mol. The van der Waals surface area contributed by atoms with Crippen molar-refractivity contribution >= 4 is 61.2 Å². The number of fused-ring (bicyclic) bond motifs is 1. The number of carbonyl (C=O) groups is 1. The minimum atomic E-state index is -4.28. The quantitative estimate of drug-likeness (QED) is 0.0893. The van der Waals surface area contributed by atoms with Crippen LogP contribution in [-0.4, -0.2) is 42.8 Å². The molecule has 0 fully saturated rings. The fourth-order valence-corrected chi connectivity index (χ4v) is 5.89. The molecule has 0 bridgehead atoms. The second-order valence-corrected chi connectivity index (χ2v) is 11.3. The van der Waals surface area contributed by atoms with Crippen molar-refractivity contribution in [3.05, 3.63) is 82.4 Å². The number of non-ortho nitro benzene ring substituents is 1. The van der Waals surface area contributed by atoms with Crippen molar-refractivity contribution in [2.75, 3.05) is 12.4 Å². The first-order valence-electron chi connectivity index (χ1n) is 11.0. The SMILES string of the molecule is CCOc1cc(C=NNC(=O)CSc2nc3ccccc3s2)ccc1OS(=O)(=O)c1ccc([N+](=O)[O-])cc1. The van der Waals surface area contributed by atoms with Crippen LogP contribution in [0.5, 0.6) is 11.5 Å². The van der Waals surface area contributed by atoms with E-state index in [1.54, 1.807) is 6.92 Å². The van der Waals surface area contributed by atoms with Gasteiger partial charge in [0.2, 0.25) is 0 Å². The second-order valence-electron chi connectivity index (χ2n) is 7.46. The Morgan fingerprint density at radius 2 is 1.92 bits per heavy atom. The zero-order valence-electron chi connectivity index (χ0n) is 19.8. The summed E-state index contributed by atoms with van der Waals surface area (Å²) in [7, 11) is -4.28. The highest BCUT2D eigenvalue weighted by Crippen LogP contribution is 2.31. The number of nitro groups is 1. The summed E-state index contributed by atoms with van der Waals surface area (Å²) in [6, 6.07) is 16.5. The molecule has 1 N–H and O–H groups in total. The van der Waals surface area contributed by atoms with E-state index in [0.717, 1.165) is 38.8 Å². The summed E-state index contributed by atoms with van der Waals surface area (Å²) in [6.45, 7) is 1.95. The maximum Gasteiger partial charge on any atom is 0.339 e. The monoisotopic (exact) mass is 572 g/mol. The van der Waals surface area contributed by atoms with E-state index in [4.69, 9.17) is 8.92 Å². The summed E-state index contributed by atoms with van der Waals surface area (Å²) in [5.41, 5.74) is 3.61. The lowest BCUT2D eigenvalue weighted by atomic mass is 10.2. The van der Waals surface area contributed by atoms with Gasteiger partial charge in [-0.2, -0.15) is 13.5 Å². The summed E-state index contributed by atoms with van der Waals surface area (Å²) >= 11 is 2.82. The molecule has 3 aromatic carbocycles. The first-order chi connectivity index (χ1) is 18.2. The summed E-state index contributed by atoms with van der Waals surface area (Å²) < 4.78 is 37.9. The molecule has 0 saturated heterocycles. The highest BCUT2D eigenvalue weighted by atomic mass is 32.2. The van der Waals surface area contributed by atoms with Crippen LogP contribution in [0.1, 0.15) is 12.5 Å². The number of thioether (sulfide) groups is 1. The molecule has 38 heavy (non-hydrogen) atoms. The van der Waals surface area contributed by atoms with Crippen LogP contribution in [0, 0.1) is 10.1 Å². The van der Waals surface area contributed by atoms with Crippen LogP contribution < -0.4 is 14.3 Å². The van der Waals surface area contributed by atoms with E-state index in [0.29, 0.717) is 5.56 Å². The molecule has 0 radical (unpaired) electrons. The molecule has 4 aromatic rings. The van der Waals surface area contributed by atoms with E-state index in [-0.39, 0.29) is 40.3 Å². The van der Waals surface area contributed by atoms with E-state index in [9.17, 15) is 23.3 Å². The molecule has 0 aliphatic heterocycles. The molecule has 0 aliphatic carbocycles. The molecule has 0 unspecified atom stereocenters. The number of benzene rings is 3. The Labute approximate surface area is 225 Å². The molecular formula is C24H20N4O7S3. The maximum absolute atomic E-state index is 12.7. The molecule has 1 heterocycles. The van der Waals surface area contributed by atoms with Crippen molar-refractivity contribution in [2.45, 2.75) is 16.2 Å². The van der Waals surface area contributed by atoms with E-state index >= 15 is 0 Å². The summed E-state index contributed by atoms with van der Waals surface area (Å²) in [4.78, 5) is 26.6. The van der Waals surface area contributed by atoms with Crippen LogP contribution in [0.25, 0.3) is 10.2 Å². The number of rotatable bonds is 11. The van der Waals surface area contributed by atoms with E-state index in [1.165, 1.54) is 47.5 Å². The summed E-state index contributed by atoms with van der Waals surface area (Å²) in [5.74, 6) is -0.114. The van der Waals surface area contributed by atoms with Crippen molar-refractivity contribution in [1.29, 1.82) is 0 Å². The van der Waals surface area contributed by atoms with Crippen molar-refractivity contribution in [3.63, 3.8) is 0 Å². The van der Waals surface area contributed by atoms with Crippen molar-refractivity contribution in [3.8, 4) is 11.5 Å². The van der Waals surface area contributed by atoms with Crippen LogP contribution in [0.3, 0.4) is 0 Å². The second kappa shape index (κ2) is 12.0.